The topological polar surface area (TPSA) is 64.1 Å². The van der Waals surface area contributed by atoms with Gasteiger partial charge in [-0.25, -0.2) is 4.98 Å². The van der Waals surface area contributed by atoms with Crippen LogP contribution in [0.15, 0.2) is 48.0 Å². The molecular weight excluding hydrogens is 381 g/mol. The third kappa shape index (κ3) is 4.92. The maximum absolute atomic E-state index is 11.9. The Bertz CT molecular complexity index is 871. The number of benzene rings is 1. The van der Waals surface area contributed by atoms with Gasteiger partial charge in [-0.3, -0.25) is 9.78 Å². The van der Waals surface area contributed by atoms with Crippen LogP contribution in [-0.2, 0) is 11.3 Å². The van der Waals surface area contributed by atoms with Crippen molar-refractivity contribution in [3.63, 3.8) is 0 Å². The Balaban J connectivity index is 1.51. The molecule has 0 saturated carbocycles. The first-order chi connectivity index (χ1) is 12.1. The summed E-state index contributed by atoms with van der Waals surface area (Å²) in [7, 11) is 0. The minimum Gasteiger partial charge on any atom is -0.482 e. The molecule has 1 amide bonds. The number of hydrogen-bond donors (Lipinski definition) is 1. The van der Waals surface area contributed by atoms with E-state index in [0.717, 1.165) is 16.4 Å². The SMILES string of the molecule is O=C(COc1cc(Cl)ccc1Cl)NCc1csc(-c2ccccn2)n1. The molecule has 0 aliphatic carbocycles. The fraction of sp³-hybridized carbons (Fsp3) is 0.118. The summed E-state index contributed by atoms with van der Waals surface area (Å²) in [4.78, 5) is 20.6. The number of rotatable bonds is 6. The molecular formula is C17H13Cl2N3O2S. The van der Waals surface area contributed by atoms with Gasteiger partial charge >= 0.3 is 0 Å². The lowest BCUT2D eigenvalue weighted by molar-refractivity contribution is -0.123. The minimum absolute atomic E-state index is 0.155. The van der Waals surface area contributed by atoms with Crippen LogP contribution in [0.4, 0.5) is 0 Å². The molecule has 128 valence electrons. The molecule has 0 atom stereocenters. The summed E-state index contributed by atoms with van der Waals surface area (Å²) in [6.45, 7) is 0.159. The van der Waals surface area contributed by atoms with Crippen molar-refractivity contribution in [2.24, 2.45) is 0 Å². The third-order valence-electron chi connectivity index (χ3n) is 3.15. The number of amides is 1. The standard InChI is InChI=1S/C17H13Cl2N3O2S/c18-11-4-5-13(19)15(7-11)24-9-16(23)21-8-12-10-25-17(22-12)14-3-1-2-6-20-14/h1-7,10H,8-9H2,(H,21,23). The van der Waals surface area contributed by atoms with E-state index in [1.165, 1.54) is 11.3 Å². The van der Waals surface area contributed by atoms with Gasteiger partial charge in [0.15, 0.2) is 6.61 Å². The molecule has 0 fully saturated rings. The van der Waals surface area contributed by atoms with Crippen LogP contribution in [0.5, 0.6) is 5.75 Å². The molecule has 1 N–H and O–H groups in total. The highest BCUT2D eigenvalue weighted by Crippen LogP contribution is 2.27. The summed E-state index contributed by atoms with van der Waals surface area (Å²) < 4.78 is 5.39. The Morgan fingerprint density at radius 2 is 2.12 bits per heavy atom. The Morgan fingerprint density at radius 3 is 2.92 bits per heavy atom. The van der Waals surface area contributed by atoms with Crippen LogP contribution in [0.2, 0.25) is 10.0 Å². The summed E-state index contributed by atoms with van der Waals surface area (Å²) in [6, 6.07) is 10.5. The van der Waals surface area contributed by atoms with E-state index in [4.69, 9.17) is 27.9 Å². The van der Waals surface area contributed by atoms with Crippen molar-refractivity contribution >= 4 is 40.4 Å². The predicted octanol–water partition coefficient (Wildman–Crippen LogP) is 4.21. The van der Waals surface area contributed by atoms with E-state index in [1.807, 2.05) is 23.6 Å². The highest BCUT2D eigenvalue weighted by Gasteiger charge is 2.09. The highest BCUT2D eigenvalue weighted by molar-refractivity contribution is 7.13. The van der Waals surface area contributed by atoms with Gasteiger partial charge in [0, 0.05) is 22.7 Å². The Hall–Kier alpha value is -2.15. The first kappa shape index (κ1) is 17.7. The number of carbonyl (C=O) groups excluding carboxylic acids is 1. The maximum Gasteiger partial charge on any atom is 0.258 e. The van der Waals surface area contributed by atoms with Crippen LogP contribution < -0.4 is 10.1 Å². The zero-order valence-corrected chi connectivity index (χ0v) is 15.2. The number of carbonyl (C=O) groups is 1. The average Bonchev–Trinajstić information content (AvgIpc) is 3.10. The van der Waals surface area contributed by atoms with Gasteiger partial charge in [-0.1, -0.05) is 29.3 Å². The van der Waals surface area contributed by atoms with Crippen molar-refractivity contribution in [2.45, 2.75) is 6.54 Å². The number of nitrogens with one attached hydrogen (secondary N) is 1. The molecule has 25 heavy (non-hydrogen) atoms. The van der Waals surface area contributed by atoms with Crippen LogP contribution >= 0.6 is 34.5 Å². The molecule has 2 aromatic heterocycles. The number of nitrogens with zero attached hydrogens (tertiary/aromatic N) is 2. The van der Waals surface area contributed by atoms with Crippen LogP contribution in [0.3, 0.4) is 0 Å². The Morgan fingerprint density at radius 1 is 1.24 bits per heavy atom. The zero-order valence-electron chi connectivity index (χ0n) is 12.9. The first-order valence-electron chi connectivity index (χ1n) is 7.32. The summed E-state index contributed by atoms with van der Waals surface area (Å²) in [5.74, 6) is 0.0961. The van der Waals surface area contributed by atoms with Crippen molar-refractivity contribution in [3.8, 4) is 16.5 Å². The normalized spacial score (nSPS) is 10.5. The zero-order chi connectivity index (χ0) is 17.6. The maximum atomic E-state index is 11.9. The highest BCUT2D eigenvalue weighted by atomic mass is 35.5. The smallest absolute Gasteiger partial charge is 0.258 e. The molecule has 1 aromatic carbocycles. The van der Waals surface area contributed by atoms with E-state index in [9.17, 15) is 4.79 Å². The van der Waals surface area contributed by atoms with Crippen LogP contribution in [0.25, 0.3) is 10.7 Å². The second-order valence-electron chi connectivity index (χ2n) is 5.00. The fourth-order valence-corrected chi connectivity index (χ4v) is 3.10. The van der Waals surface area contributed by atoms with E-state index in [1.54, 1.807) is 24.4 Å². The molecule has 3 aromatic rings. The van der Waals surface area contributed by atoms with Crippen molar-refractivity contribution < 1.29 is 9.53 Å². The Kier molecular flexibility index (Phi) is 5.86. The van der Waals surface area contributed by atoms with Crippen LogP contribution in [0, 0.1) is 0 Å². The third-order valence-corrected chi connectivity index (χ3v) is 4.62. The largest absolute Gasteiger partial charge is 0.482 e. The van der Waals surface area contributed by atoms with Gasteiger partial charge < -0.3 is 10.1 Å². The van der Waals surface area contributed by atoms with Gasteiger partial charge in [0.05, 0.1) is 23.0 Å². The van der Waals surface area contributed by atoms with Gasteiger partial charge in [-0.2, -0.15) is 0 Å². The first-order valence-corrected chi connectivity index (χ1v) is 8.96. The molecule has 0 aliphatic heterocycles. The molecule has 0 radical (unpaired) electrons. The fourth-order valence-electron chi connectivity index (χ4n) is 1.97. The Labute approximate surface area is 158 Å². The number of thiazole rings is 1. The molecule has 2 heterocycles. The average molecular weight is 394 g/mol. The summed E-state index contributed by atoms with van der Waals surface area (Å²) in [6.07, 6.45) is 1.72. The molecule has 5 nitrogen and oxygen atoms in total. The predicted molar refractivity (Wildman–Crippen MR) is 99.1 cm³/mol. The number of aromatic nitrogens is 2. The lowest BCUT2D eigenvalue weighted by atomic mass is 10.3. The lowest BCUT2D eigenvalue weighted by Gasteiger charge is -2.08. The molecule has 0 bridgehead atoms. The number of pyridine rings is 1. The van der Waals surface area contributed by atoms with Gasteiger partial charge in [0.2, 0.25) is 0 Å². The molecule has 0 saturated heterocycles. The van der Waals surface area contributed by atoms with E-state index in [-0.39, 0.29) is 12.5 Å². The quantitative estimate of drug-likeness (QED) is 0.681. The minimum atomic E-state index is -0.275. The van der Waals surface area contributed by atoms with Gasteiger partial charge in [-0.05, 0) is 24.3 Å². The number of ether oxygens (including phenoxy) is 1. The van der Waals surface area contributed by atoms with Crippen molar-refractivity contribution in [3.05, 3.63) is 63.7 Å². The lowest BCUT2D eigenvalue weighted by Crippen LogP contribution is -2.28. The van der Waals surface area contributed by atoms with Crippen molar-refractivity contribution in [1.29, 1.82) is 0 Å². The monoisotopic (exact) mass is 393 g/mol. The van der Waals surface area contributed by atoms with Gasteiger partial charge in [0.25, 0.3) is 5.91 Å². The molecule has 3 rings (SSSR count). The summed E-state index contributed by atoms with van der Waals surface area (Å²) in [5.41, 5.74) is 1.57. The molecule has 0 unspecified atom stereocenters. The van der Waals surface area contributed by atoms with E-state index in [2.05, 4.69) is 15.3 Å². The summed E-state index contributed by atoms with van der Waals surface area (Å²) in [5, 5.41) is 6.34. The van der Waals surface area contributed by atoms with Gasteiger partial charge in [-0.15, -0.1) is 11.3 Å². The molecule has 0 spiro atoms. The van der Waals surface area contributed by atoms with E-state index in [0.29, 0.717) is 22.3 Å². The molecule has 8 heteroatoms. The number of hydrogen-bond acceptors (Lipinski definition) is 5. The van der Waals surface area contributed by atoms with Crippen LogP contribution in [0.1, 0.15) is 5.69 Å². The van der Waals surface area contributed by atoms with Gasteiger partial charge in [0.1, 0.15) is 10.8 Å². The second kappa shape index (κ2) is 8.29. The van der Waals surface area contributed by atoms with E-state index >= 15 is 0 Å². The summed E-state index contributed by atoms with van der Waals surface area (Å²) >= 11 is 13.3. The van der Waals surface area contributed by atoms with E-state index < -0.39 is 0 Å². The van der Waals surface area contributed by atoms with Crippen molar-refractivity contribution in [1.82, 2.24) is 15.3 Å². The van der Waals surface area contributed by atoms with Crippen molar-refractivity contribution in [2.75, 3.05) is 6.61 Å². The van der Waals surface area contributed by atoms with Crippen LogP contribution in [-0.4, -0.2) is 22.5 Å². The second-order valence-corrected chi connectivity index (χ2v) is 6.70. The molecule has 0 aliphatic rings. The number of halogens is 2.